The van der Waals surface area contributed by atoms with Gasteiger partial charge < -0.3 is 5.11 Å². The maximum atomic E-state index is 12.4. The van der Waals surface area contributed by atoms with Gasteiger partial charge in [0.1, 0.15) is 5.75 Å². The topological polar surface area (TPSA) is 66.4 Å². The number of fused-ring (bicyclic) bond motifs is 1. The molecule has 0 heterocycles. The minimum Gasteiger partial charge on any atom is -0.508 e. The first-order valence-corrected chi connectivity index (χ1v) is 7.84. The van der Waals surface area contributed by atoms with Gasteiger partial charge in [-0.1, -0.05) is 36.4 Å². The molecular weight excluding hydrogens is 286 g/mol. The van der Waals surface area contributed by atoms with E-state index in [0.29, 0.717) is 5.69 Å². The molecule has 3 rings (SSSR count). The molecule has 0 amide bonds. The van der Waals surface area contributed by atoms with Crippen molar-refractivity contribution in [3.8, 4) is 5.75 Å². The second kappa shape index (κ2) is 5.10. The average molecular weight is 299 g/mol. The molecule has 0 bridgehead atoms. The fraction of sp³-hybridized carbons (Fsp3) is 0. The Kier molecular flexibility index (Phi) is 3.27. The fourth-order valence-corrected chi connectivity index (χ4v) is 3.22. The largest absolute Gasteiger partial charge is 0.508 e. The number of anilines is 1. The average Bonchev–Trinajstić information content (AvgIpc) is 2.48. The van der Waals surface area contributed by atoms with Gasteiger partial charge in [-0.25, -0.2) is 8.42 Å². The van der Waals surface area contributed by atoms with Crippen LogP contribution in [0.25, 0.3) is 10.8 Å². The van der Waals surface area contributed by atoms with Gasteiger partial charge in [-0.3, -0.25) is 4.72 Å². The molecule has 5 heteroatoms. The summed E-state index contributed by atoms with van der Waals surface area (Å²) < 4.78 is 27.3. The van der Waals surface area contributed by atoms with Crippen molar-refractivity contribution < 1.29 is 13.5 Å². The van der Waals surface area contributed by atoms with Gasteiger partial charge in [-0.15, -0.1) is 0 Å². The van der Waals surface area contributed by atoms with E-state index >= 15 is 0 Å². The summed E-state index contributed by atoms with van der Waals surface area (Å²) in [7, 11) is -3.68. The van der Waals surface area contributed by atoms with Crippen LogP contribution in [0.2, 0.25) is 0 Å². The highest BCUT2D eigenvalue weighted by molar-refractivity contribution is 7.92. The summed E-state index contributed by atoms with van der Waals surface area (Å²) in [5.74, 6) is 0.0270. The van der Waals surface area contributed by atoms with Gasteiger partial charge in [-0.05, 0) is 35.7 Å². The van der Waals surface area contributed by atoms with E-state index in [9.17, 15) is 13.5 Å². The molecule has 106 valence electrons. The van der Waals surface area contributed by atoms with E-state index in [4.69, 9.17) is 0 Å². The molecule has 0 saturated carbocycles. The monoisotopic (exact) mass is 299 g/mol. The van der Waals surface area contributed by atoms with Crippen LogP contribution in [0.1, 0.15) is 0 Å². The number of hydrogen-bond donors (Lipinski definition) is 2. The van der Waals surface area contributed by atoms with Crippen molar-refractivity contribution in [3.63, 3.8) is 0 Å². The number of hydrogen-bond acceptors (Lipinski definition) is 3. The van der Waals surface area contributed by atoms with Crippen LogP contribution in [0.4, 0.5) is 5.69 Å². The smallest absolute Gasteiger partial charge is 0.261 e. The van der Waals surface area contributed by atoms with Crippen LogP contribution >= 0.6 is 0 Å². The molecular formula is C16H13NO3S. The molecule has 0 atom stereocenters. The predicted octanol–water partition coefficient (Wildman–Crippen LogP) is 3.35. The number of sulfonamides is 1. The third-order valence-electron chi connectivity index (χ3n) is 3.18. The van der Waals surface area contributed by atoms with E-state index in [1.165, 1.54) is 24.3 Å². The van der Waals surface area contributed by atoms with E-state index in [1.54, 1.807) is 12.1 Å². The molecule has 0 aliphatic heterocycles. The first-order valence-electron chi connectivity index (χ1n) is 6.36. The molecule has 3 aromatic rings. The number of rotatable bonds is 3. The lowest BCUT2D eigenvalue weighted by atomic mass is 10.1. The standard InChI is InChI=1S/C16H13NO3S/c18-13-8-10-14(11-9-13)21(19,20)17-16-7-3-5-12-4-1-2-6-15(12)16/h1-11,17-18H. The molecule has 0 aliphatic carbocycles. The van der Waals surface area contributed by atoms with Crippen LogP contribution in [0, 0.1) is 0 Å². The zero-order chi connectivity index (χ0) is 14.9. The number of benzene rings is 3. The summed E-state index contributed by atoms with van der Waals surface area (Å²) in [5, 5.41) is 11.0. The minimum atomic E-state index is -3.68. The zero-order valence-electron chi connectivity index (χ0n) is 11.0. The minimum absolute atomic E-state index is 0.0270. The molecule has 0 radical (unpaired) electrons. The second-order valence-corrected chi connectivity index (χ2v) is 6.31. The highest BCUT2D eigenvalue weighted by Crippen LogP contribution is 2.26. The summed E-state index contributed by atoms with van der Waals surface area (Å²) >= 11 is 0. The molecule has 0 spiro atoms. The van der Waals surface area contributed by atoms with Crippen molar-refractivity contribution in [2.24, 2.45) is 0 Å². The Hall–Kier alpha value is -2.53. The SMILES string of the molecule is O=S(=O)(Nc1cccc2ccccc12)c1ccc(O)cc1. The molecule has 0 saturated heterocycles. The van der Waals surface area contributed by atoms with E-state index in [1.807, 2.05) is 30.3 Å². The van der Waals surface area contributed by atoms with Crippen molar-refractivity contribution in [1.82, 2.24) is 0 Å². The summed E-state index contributed by atoms with van der Waals surface area (Å²) in [5.41, 5.74) is 0.529. The van der Waals surface area contributed by atoms with Gasteiger partial charge >= 0.3 is 0 Å². The summed E-state index contributed by atoms with van der Waals surface area (Å²) in [6.45, 7) is 0. The summed E-state index contributed by atoms with van der Waals surface area (Å²) in [6.07, 6.45) is 0. The Morgan fingerprint density at radius 3 is 2.24 bits per heavy atom. The summed E-state index contributed by atoms with van der Waals surface area (Å²) in [4.78, 5) is 0.105. The third-order valence-corrected chi connectivity index (χ3v) is 4.56. The first-order chi connectivity index (χ1) is 10.1. The van der Waals surface area contributed by atoms with Gasteiger partial charge in [-0.2, -0.15) is 0 Å². The predicted molar refractivity (Wildman–Crippen MR) is 82.9 cm³/mol. The van der Waals surface area contributed by atoms with Gasteiger partial charge in [0.05, 0.1) is 10.6 Å². The molecule has 0 fully saturated rings. The first kappa shape index (κ1) is 13.5. The van der Waals surface area contributed by atoms with E-state index in [2.05, 4.69) is 4.72 Å². The van der Waals surface area contributed by atoms with Crippen LogP contribution in [0.15, 0.2) is 71.6 Å². The molecule has 0 unspecified atom stereocenters. The van der Waals surface area contributed by atoms with E-state index < -0.39 is 10.0 Å². The van der Waals surface area contributed by atoms with Crippen LogP contribution in [0.3, 0.4) is 0 Å². The lowest BCUT2D eigenvalue weighted by Gasteiger charge is -2.10. The third kappa shape index (κ3) is 2.68. The Morgan fingerprint density at radius 1 is 0.810 bits per heavy atom. The molecule has 3 aromatic carbocycles. The molecule has 21 heavy (non-hydrogen) atoms. The van der Waals surface area contributed by atoms with E-state index in [0.717, 1.165) is 10.8 Å². The van der Waals surface area contributed by atoms with Crippen LogP contribution in [-0.4, -0.2) is 13.5 Å². The Morgan fingerprint density at radius 2 is 1.48 bits per heavy atom. The summed E-state index contributed by atoms with van der Waals surface area (Å²) in [6, 6.07) is 18.4. The molecule has 0 aromatic heterocycles. The number of phenolic OH excluding ortho intramolecular Hbond substituents is 1. The van der Waals surface area contributed by atoms with Crippen LogP contribution in [0.5, 0.6) is 5.75 Å². The van der Waals surface area contributed by atoms with Crippen molar-refractivity contribution in [2.45, 2.75) is 4.90 Å². The zero-order valence-corrected chi connectivity index (χ0v) is 11.8. The lowest BCUT2D eigenvalue weighted by Crippen LogP contribution is -2.13. The Bertz CT molecular complexity index is 882. The van der Waals surface area contributed by atoms with Crippen LogP contribution in [-0.2, 0) is 10.0 Å². The Balaban J connectivity index is 2.03. The van der Waals surface area contributed by atoms with Crippen molar-refractivity contribution in [1.29, 1.82) is 0 Å². The van der Waals surface area contributed by atoms with Gasteiger partial charge in [0.2, 0.25) is 0 Å². The lowest BCUT2D eigenvalue weighted by molar-refractivity contribution is 0.475. The number of aromatic hydroxyl groups is 1. The number of nitrogens with one attached hydrogen (secondary N) is 1. The molecule has 4 nitrogen and oxygen atoms in total. The highest BCUT2D eigenvalue weighted by atomic mass is 32.2. The molecule has 0 aliphatic rings. The van der Waals surface area contributed by atoms with Crippen LogP contribution < -0.4 is 4.72 Å². The van der Waals surface area contributed by atoms with Gasteiger partial charge in [0.25, 0.3) is 10.0 Å². The maximum absolute atomic E-state index is 12.4. The Labute approximate surface area is 122 Å². The second-order valence-electron chi connectivity index (χ2n) is 4.63. The normalized spacial score (nSPS) is 11.4. The maximum Gasteiger partial charge on any atom is 0.261 e. The highest BCUT2D eigenvalue weighted by Gasteiger charge is 2.15. The quantitative estimate of drug-likeness (QED) is 0.779. The van der Waals surface area contributed by atoms with Gasteiger partial charge in [0, 0.05) is 5.39 Å². The van der Waals surface area contributed by atoms with E-state index in [-0.39, 0.29) is 10.6 Å². The van der Waals surface area contributed by atoms with Crippen molar-refractivity contribution in [2.75, 3.05) is 4.72 Å². The number of phenols is 1. The van der Waals surface area contributed by atoms with Crippen molar-refractivity contribution in [3.05, 3.63) is 66.7 Å². The molecule has 2 N–H and O–H groups in total. The van der Waals surface area contributed by atoms with Gasteiger partial charge in [0.15, 0.2) is 0 Å². The fourth-order valence-electron chi connectivity index (χ4n) is 2.14. The van der Waals surface area contributed by atoms with Crippen molar-refractivity contribution >= 4 is 26.5 Å².